The van der Waals surface area contributed by atoms with Gasteiger partial charge < -0.3 is 11.1 Å². The molecule has 1 aliphatic carbocycles. The third-order valence-corrected chi connectivity index (χ3v) is 2.52. The number of hydrogen-bond acceptors (Lipinski definition) is 4. The van der Waals surface area contributed by atoms with Crippen molar-refractivity contribution in [3.05, 3.63) is 11.9 Å². The first-order chi connectivity index (χ1) is 7.22. The number of rotatable bonds is 3. The maximum Gasteiger partial charge on any atom is 0.228 e. The lowest BCUT2D eigenvalue weighted by molar-refractivity contribution is -0.117. The predicted octanol–water partition coefficient (Wildman–Crippen LogP) is 0.970. The smallest absolute Gasteiger partial charge is 0.228 e. The summed E-state index contributed by atoms with van der Waals surface area (Å²) >= 11 is 0. The zero-order valence-electron chi connectivity index (χ0n) is 8.66. The van der Waals surface area contributed by atoms with Gasteiger partial charge in [-0.25, -0.2) is 9.97 Å². The quantitative estimate of drug-likeness (QED) is 0.772. The van der Waals surface area contributed by atoms with E-state index in [1.54, 1.807) is 0 Å². The second-order valence-corrected chi connectivity index (χ2v) is 3.70. The molecule has 0 aliphatic heterocycles. The van der Waals surface area contributed by atoms with E-state index in [1.807, 2.05) is 6.92 Å². The predicted molar refractivity (Wildman–Crippen MR) is 57.2 cm³/mol. The van der Waals surface area contributed by atoms with Crippen LogP contribution in [0.1, 0.15) is 25.3 Å². The molecule has 0 bridgehead atoms. The zero-order chi connectivity index (χ0) is 10.8. The molecule has 80 valence electrons. The maximum absolute atomic E-state index is 11.5. The molecule has 0 spiro atoms. The monoisotopic (exact) mass is 206 g/mol. The Hall–Kier alpha value is -1.65. The van der Waals surface area contributed by atoms with Gasteiger partial charge in [0, 0.05) is 11.5 Å². The van der Waals surface area contributed by atoms with Gasteiger partial charge in [0.25, 0.3) is 0 Å². The number of hydrogen-bond donors (Lipinski definition) is 2. The summed E-state index contributed by atoms with van der Waals surface area (Å²) in [6, 6.07) is 0. The fourth-order valence-electron chi connectivity index (χ4n) is 1.45. The van der Waals surface area contributed by atoms with Crippen molar-refractivity contribution < 1.29 is 4.79 Å². The van der Waals surface area contributed by atoms with Crippen LogP contribution in [0.3, 0.4) is 0 Å². The fraction of sp³-hybridized carbons (Fsp3) is 0.500. The van der Waals surface area contributed by atoms with Crippen LogP contribution in [0.2, 0.25) is 0 Å². The standard InChI is InChI=1S/C10H14N4O/c1-2-7-8(11)12-5-13-9(7)14-10(15)6-3-4-6/h5-6H,2-4H2,1H3,(H3,11,12,13,14,15). The van der Waals surface area contributed by atoms with Crippen molar-refractivity contribution in [2.24, 2.45) is 5.92 Å². The Morgan fingerprint density at radius 1 is 1.60 bits per heavy atom. The molecule has 1 saturated carbocycles. The molecule has 1 heterocycles. The van der Waals surface area contributed by atoms with Gasteiger partial charge in [-0.15, -0.1) is 0 Å². The van der Waals surface area contributed by atoms with Crippen molar-refractivity contribution in [1.82, 2.24) is 9.97 Å². The largest absolute Gasteiger partial charge is 0.383 e. The van der Waals surface area contributed by atoms with E-state index in [-0.39, 0.29) is 11.8 Å². The minimum atomic E-state index is 0.0443. The second kappa shape index (κ2) is 3.84. The van der Waals surface area contributed by atoms with Crippen LogP contribution in [0, 0.1) is 5.92 Å². The van der Waals surface area contributed by atoms with Crippen LogP contribution in [0.15, 0.2) is 6.33 Å². The van der Waals surface area contributed by atoms with Gasteiger partial charge in [0.2, 0.25) is 5.91 Å². The fourth-order valence-corrected chi connectivity index (χ4v) is 1.45. The summed E-state index contributed by atoms with van der Waals surface area (Å²) in [6.07, 6.45) is 4.05. The first kappa shape index (κ1) is 9.89. The molecule has 1 aromatic heterocycles. The Bertz CT molecular complexity index is 387. The van der Waals surface area contributed by atoms with Crippen molar-refractivity contribution in [3.63, 3.8) is 0 Å². The summed E-state index contributed by atoms with van der Waals surface area (Å²) in [6.45, 7) is 1.96. The number of nitrogens with zero attached hydrogens (tertiary/aromatic N) is 2. The van der Waals surface area contributed by atoms with E-state index in [2.05, 4.69) is 15.3 Å². The minimum absolute atomic E-state index is 0.0443. The van der Waals surface area contributed by atoms with Crippen LogP contribution in [-0.4, -0.2) is 15.9 Å². The zero-order valence-corrected chi connectivity index (χ0v) is 8.66. The summed E-state index contributed by atoms with van der Waals surface area (Å²) in [7, 11) is 0. The van der Waals surface area contributed by atoms with E-state index < -0.39 is 0 Å². The normalized spacial score (nSPS) is 15.0. The van der Waals surface area contributed by atoms with E-state index >= 15 is 0 Å². The van der Waals surface area contributed by atoms with E-state index in [1.165, 1.54) is 6.33 Å². The molecule has 5 heteroatoms. The molecule has 15 heavy (non-hydrogen) atoms. The third kappa shape index (κ3) is 2.06. The number of amides is 1. The van der Waals surface area contributed by atoms with Gasteiger partial charge in [0.05, 0.1) is 0 Å². The number of nitrogens with one attached hydrogen (secondary N) is 1. The Balaban J connectivity index is 2.19. The van der Waals surface area contributed by atoms with Crippen molar-refractivity contribution in [2.75, 3.05) is 11.1 Å². The van der Waals surface area contributed by atoms with Crippen LogP contribution >= 0.6 is 0 Å². The van der Waals surface area contributed by atoms with E-state index in [4.69, 9.17) is 5.73 Å². The number of carbonyl (C=O) groups is 1. The van der Waals surface area contributed by atoms with Crippen LogP contribution in [-0.2, 0) is 11.2 Å². The van der Waals surface area contributed by atoms with Crippen molar-refractivity contribution in [3.8, 4) is 0 Å². The number of nitrogen functional groups attached to an aromatic ring is 1. The Morgan fingerprint density at radius 3 is 2.93 bits per heavy atom. The van der Waals surface area contributed by atoms with E-state index in [0.29, 0.717) is 18.1 Å². The highest BCUT2D eigenvalue weighted by Crippen LogP contribution is 2.30. The molecular formula is C10H14N4O. The molecule has 0 atom stereocenters. The summed E-state index contributed by atoms with van der Waals surface area (Å²) in [5, 5.41) is 2.79. The highest BCUT2D eigenvalue weighted by Gasteiger charge is 2.30. The van der Waals surface area contributed by atoms with Gasteiger partial charge >= 0.3 is 0 Å². The summed E-state index contributed by atoms with van der Waals surface area (Å²) in [4.78, 5) is 19.5. The molecule has 0 saturated heterocycles. The van der Waals surface area contributed by atoms with Crippen LogP contribution in [0.25, 0.3) is 0 Å². The molecule has 2 rings (SSSR count). The van der Waals surface area contributed by atoms with E-state index in [0.717, 1.165) is 18.4 Å². The van der Waals surface area contributed by atoms with Crippen LogP contribution in [0.5, 0.6) is 0 Å². The van der Waals surface area contributed by atoms with Gasteiger partial charge in [-0.05, 0) is 19.3 Å². The van der Waals surface area contributed by atoms with Crippen LogP contribution in [0.4, 0.5) is 11.6 Å². The lowest BCUT2D eigenvalue weighted by Gasteiger charge is -2.09. The third-order valence-electron chi connectivity index (χ3n) is 2.52. The number of carbonyl (C=O) groups excluding carboxylic acids is 1. The summed E-state index contributed by atoms with van der Waals surface area (Å²) in [5.41, 5.74) is 6.51. The Morgan fingerprint density at radius 2 is 2.33 bits per heavy atom. The average molecular weight is 206 g/mol. The molecule has 1 aromatic rings. The number of aromatic nitrogens is 2. The molecule has 0 aromatic carbocycles. The topological polar surface area (TPSA) is 80.9 Å². The minimum Gasteiger partial charge on any atom is -0.383 e. The Kier molecular flexibility index (Phi) is 2.53. The molecule has 3 N–H and O–H groups in total. The molecule has 5 nitrogen and oxygen atoms in total. The average Bonchev–Trinajstić information content (AvgIpc) is 3.01. The molecule has 0 radical (unpaired) electrons. The highest BCUT2D eigenvalue weighted by molar-refractivity contribution is 5.94. The lowest BCUT2D eigenvalue weighted by atomic mass is 10.2. The molecule has 0 unspecified atom stereocenters. The SMILES string of the molecule is CCc1c(N)ncnc1NC(=O)C1CC1. The van der Waals surface area contributed by atoms with Crippen LogP contribution < -0.4 is 11.1 Å². The molecular weight excluding hydrogens is 192 g/mol. The van der Waals surface area contributed by atoms with Gasteiger partial charge in [-0.2, -0.15) is 0 Å². The highest BCUT2D eigenvalue weighted by atomic mass is 16.2. The Labute approximate surface area is 88.1 Å². The first-order valence-electron chi connectivity index (χ1n) is 5.12. The van der Waals surface area contributed by atoms with Crippen molar-refractivity contribution >= 4 is 17.5 Å². The van der Waals surface area contributed by atoms with Gasteiger partial charge in [-0.3, -0.25) is 4.79 Å². The van der Waals surface area contributed by atoms with Gasteiger partial charge in [0.15, 0.2) is 0 Å². The molecule has 1 fully saturated rings. The van der Waals surface area contributed by atoms with Crippen molar-refractivity contribution in [1.29, 1.82) is 0 Å². The van der Waals surface area contributed by atoms with Gasteiger partial charge in [-0.1, -0.05) is 6.92 Å². The lowest BCUT2D eigenvalue weighted by Crippen LogP contribution is -2.16. The second-order valence-electron chi connectivity index (χ2n) is 3.70. The first-order valence-corrected chi connectivity index (χ1v) is 5.12. The summed E-state index contributed by atoms with van der Waals surface area (Å²) in [5.74, 6) is 1.22. The van der Waals surface area contributed by atoms with Gasteiger partial charge in [0.1, 0.15) is 18.0 Å². The van der Waals surface area contributed by atoms with E-state index in [9.17, 15) is 4.79 Å². The summed E-state index contributed by atoms with van der Waals surface area (Å²) < 4.78 is 0. The van der Waals surface area contributed by atoms with Crippen molar-refractivity contribution in [2.45, 2.75) is 26.2 Å². The number of nitrogens with two attached hydrogens (primary N) is 1. The maximum atomic E-state index is 11.5. The molecule has 1 amide bonds. The number of anilines is 2. The molecule has 1 aliphatic rings.